The van der Waals surface area contributed by atoms with Crippen LogP contribution in [0.5, 0.6) is 5.75 Å². The maximum Gasteiger partial charge on any atom is 0.191 e. The molecule has 1 aromatic rings. The highest BCUT2D eigenvalue weighted by molar-refractivity contribution is 5.99. The SMILES string of the molecule is CCOc1ccc(C(=O)C2CCC(CN)O2)cc1. The van der Waals surface area contributed by atoms with Crippen LogP contribution >= 0.6 is 0 Å². The normalized spacial score (nSPS) is 23.0. The van der Waals surface area contributed by atoms with Crippen LogP contribution in [0.2, 0.25) is 0 Å². The van der Waals surface area contributed by atoms with Crippen LogP contribution in [0.15, 0.2) is 24.3 Å². The third-order valence-corrected chi connectivity index (χ3v) is 3.11. The second kappa shape index (κ2) is 5.98. The summed E-state index contributed by atoms with van der Waals surface area (Å²) in [7, 11) is 0. The van der Waals surface area contributed by atoms with Crippen LogP contribution in [0, 0.1) is 0 Å². The van der Waals surface area contributed by atoms with Gasteiger partial charge in [-0.15, -0.1) is 0 Å². The third kappa shape index (κ3) is 2.89. The molecule has 0 saturated carbocycles. The van der Waals surface area contributed by atoms with Crippen LogP contribution in [0.1, 0.15) is 30.1 Å². The number of Topliss-reactive ketones (excluding diaryl/α,β-unsaturated/α-hetero) is 1. The van der Waals surface area contributed by atoms with Gasteiger partial charge in [0.25, 0.3) is 0 Å². The lowest BCUT2D eigenvalue weighted by Gasteiger charge is -2.11. The summed E-state index contributed by atoms with van der Waals surface area (Å²) in [6.45, 7) is 3.03. The van der Waals surface area contributed by atoms with Crippen molar-refractivity contribution >= 4 is 5.78 Å². The van der Waals surface area contributed by atoms with Gasteiger partial charge in [-0.25, -0.2) is 0 Å². The Morgan fingerprint density at radius 3 is 2.67 bits per heavy atom. The Balaban J connectivity index is 2.00. The van der Waals surface area contributed by atoms with Gasteiger partial charge in [0, 0.05) is 12.1 Å². The van der Waals surface area contributed by atoms with Gasteiger partial charge in [-0.05, 0) is 44.0 Å². The Morgan fingerprint density at radius 2 is 2.11 bits per heavy atom. The Labute approximate surface area is 107 Å². The maximum absolute atomic E-state index is 12.2. The molecule has 1 aliphatic heterocycles. The summed E-state index contributed by atoms with van der Waals surface area (Å²) in [6.07, 6.45) is 1.32. The molecule has 4 nitrogen and oxygen atoms in total. The highest BCUT2D eigenvalue weighted by Gasteiger charge is 2.30. The molecule has 1 heterocycles. The van der Waals surface area contributed by atoms with E-state index in [4.69, 9.17) is 15.2 Å². The second-order valence-electron chi connectivity index (χ2n) is 4.38. The number of ketones is 1. The molecule has 0 bridgehead atoms. The smallest absolute Gasteiger partial charge is 0.191 e. The maximum atomic E-state index is 12.2. The first-order chi connectivity index (χ1) is 8.74. The summed E-state index contributed by atoms with van der Waals surface area (Å²) in [5, 5.41) is 0. The van der Waals surface area contributed by atoms with Crippen molar-refractivity contribution < 1.29 is 14.3 Å². The molecule has 1 aromatic carbocycles. The number of hydrogen-bond acceptors (Lipinski definition) is 4. The highest BCUT2D eigenvalue weighted by Crippen LogP contribution is 2.23. The summed E-state index contributed by atoms with van der Waals surface area (Å²) in [5.41, 5.74) is 6.20. The van der Waals surface area contributed by atoms with E-state index < -0.39 is 0 Å². The summed E-state index contributed by atoms with van der Waals surface area (Å²) in [6, 6.07) is 7.19. The number of rotatable bonds is 5. The van der Waals surface area contributed by atoms with Gasteiger partial charge >= 0.3 is 0 Å². The first-order valence-corrected chi connectivity index (χ1v) is 6.37. The minimum atomic E-state index is -0.337. The molecule has 2 atom stereocenters. The fraction of sp³-hybridized carbons (Fsp3) is 0.500. The van der Waals surface area contributed by atoms with Gasteiger partial charge in [0.1, 0.15) is 11.9 Å². The predicted octanol–water partition coefficient (Wildman–Crippen LogP) is 1.77. The quantitative estimate of drug-likeness (QED) is 0.808. The molecule has 4 heteroatoms. The van der Waals surface area contributed by atoms with Crippen LogP contribution in [-0.4, -0.2) is 31.1 Å². The van der Waals surface area contributed by atoms with E-state index in [1.807, 2.05) is 19.1 Å². The Bertz CT molecular complexity index is 402. The van der Waals surface area contributed by atoms with E-state index in [1.54, 1.807) is 12.1 Å². The molecule has 2 rings (SSSR count). The second-order valence-corrected chi connectivity index (χ2v) is 4.38. The molecule has 0 aliphatic carbocycles. The lowest BCUT2D eigenvalue weighted by molar-refractivity contribution is 0.0404. The average molecular weight is 249 g/mol. The molecule has 18 heavy (non-hydrogen) atoms. The number of carbonyl (C=O) groups is 1. The van der Waals surface area contributed by atoms with Crippen molar-refractivity contribution in [1.29, 1.82) is 0 Å². The fourth-order valence-corrected chi connectivity index (χ4v) is 2.14. The zero-order valence-electron chi connectivity index (χ0n) is 10.6. The Kier molecular flexibility index (Phi) is 4.33. The standard InChI is InChI=1S/C14H19NO3/c1-2-17-11-5-3-10(4-6-11)14(16)13-8-7-12(9-15)18-13/h3-6,12-13H,2,7-9,15H2,1H3. The van der Waals surface area contributed by atoms with Crippen molar-refractivity contribution in [3.05, 3.63) is 29.8 Å². The number of ether oxygens (including phenoxy) is 2. The van der Waals surface area contributed by atoms with Crippen LogP contribution in [0.25, 0.3) is 0 Å². The molecule has 1 fully saturated rings. The molecule has 1 saturated heterocycles. The van der Waals surface area contributed by atoms with E-state index in [1.165, 1.54) is 0 Å². The lowest BCUT2D eigenvalue weighted by Crippen LogP contribution is -2.25. The van der Waals surface area contributed by atoms with Crippen LogP contribution < -0.4 is 10.5 Å². The molecule has 98 valence electrons. The van der Waals surface area contributed by atoms with Gasteiger partial charge in [0.05, 0.1) is 12.7 Å². The van der Waals surface area contributed by atoms with Crippen molar-refractivity contribution in [2.75, 3.05) is 13.2 Å². The summed E-state index contributed by atoms with van der Waals surface area (Å²) >= 11 is 0. The molecule has 2 unspecified atom stereocenters. The van der Waals surface area contributed by atoms with E-state index in [0.29, 0.717) is 18.7 Å². The van der Waals surface area contributed by atoms with Crippen LogP contribution in [0.4, 0.5) is 0 Å². The highest BCUT2D eigenvalue weighted by atomic mass is 16.5. The molecular weight excluding hydrogens is 230 g/mol. The lowest BCUT2D eigenvalue weighted by atomic mass is 10.0. The third-order valence-electron chi connectivity index (χ3n) is 3.11. The van der Waals surface area contributed by atoms with Gasteiger partial charge in [0.2, 0.25) is 0 Å². The van der Waals surface area contributed by atoms with Crippen molar-refractivity contribution in [3.8, 4) is 5.75 Å². The van der Waals surface area contributed by atoms with E-state index in [0.717, 1.165) is 18.6 Å². The predicted molar refractivity (Wildman–Crippen MR) is 68.9 cm³/mol. The van der Waals surface area contributed by atoms with E-state index in [-0.39, 0.29) is 18.0 Å². The van der Waals surface area contributed by atoms with Crippen LogP contribution in [0.3, 0.4) is 0 Å². The summed E-state index contributed by atoms with van der Waals surface area (Å²) in [5.74, 6) is 0.815. The van der Waals surface area contributed by atoms with Gasteiger partial charge in [0.15, 0.2) is 5.78 Å². The van der Waals surface area contributed by atoms with Crippen molar-refractivity contribution in [1.82, 2.24) is 0 Å². The molecule has 0 aromatic heterocycles. The largest absolute Gasteiger partial charge is 0.494 e. The van der Waals surface area contributed by atoms with Crippen molar-refractivity contribution in [2.24, 2.45) is 5.73 Å². The summed E-state index contributed by atoms with van der Waals surface area (Å²) in [4.78, 5) is 12.2. The number of hydrogen-bond donors (Lipinski definition) is 1. The van der Waals surface area contributed by atoms with Gasteiger partial charge in [-0.2, -0.15) is 0 Å². The topological polar surface area (TPSA) is 61.5 Å². The van der Waals surface area contributed by atoms with Gasteiger partial charge in [-0.1, -0.05) is 0 Å². The van der Waals surface area contributed by atoms with E-state index in [2.05, 4.69) is 0 Å². The monoisotopic (exact) mass is 249 g/mol. The molecule has 0 spiro atoms. The number of carbonyl (C=O) groups excluding carboxylic acids is 1. The van der Waals surface area contributed by atoms with Crippen LogP contribution in [-0.2, 0) is 4.74 Å². The fourth-order valence-electron chi connectivity index (χ4n) is 2.14. The van der Waals surface area contributed by atoms with Crippen molar-refractivity contribution in [3.63, 3.8) is 0 Å². The first kappa shape index (κ1) is 13.1. The molecule has 0 radical (unpaired) electrons. The van der Waals surface area contributed by atoms with Gasteiger partial charge in [-0.3, -0.25) is 4.79 Å². The van der Waals surface area contributed by atoms with E-state index in [9.17, 15) is 4.79 Å². The van der Waals surface area contributed by atoms with Gasteiger partial charge < -0.3 is 15.2 Å². The molecule has 1 aliphatic rings. The molecule has 0 amide bonds. The Hall–Kier alpha value is -1.39. The molecular formula is C14H19NO3. The zero-order chi connectivity index (χ0) is 13.0. The minimum Gasteiger partial charge on any atom is -0.494 e. The average Bonchev–Trinajstić information content (AvgIpc) is 2.88. The van der Waals surface area contributed by atoms with Crippen molar-refractivity contribution in [2.45, 2.75) is 32.0 Å². The Morgan fingerprint density at radius 1 is 1.39 bits per heavy atom. The first-order valence-electron chi connectivity index (χ1n) is 6.37. The number of nitrogens with two attached hydrogens (primary N) is 1. The molecule has 2 N–H and O–H groups in total. The minimum absolute atomic E-state index is 0.0293. The van der Waals surface area contributed by atoms with E-state index >= 15 is 0 Å². The summed E-state index contributed by atoms with van der Waals surface area (Å²) < 4.78 is 10.9. The number of benzene rings is 1. The zero-order valence-corrected chi connectivity index (χ0v) is 10.6.